The van der Waals surface area contributed by atoms with Crippen LogP contribution in [0.25, 0.3) is 0 Å². The van der Waals surface area contributed by atoms with Gasteiger partial charge in [-0.3, -0.25) is 0 Å². The molecule has 0 aromatic rings. The van der Waals surface area contributed by atoms with Gasteiger partial charge in [-0.2, -0.15) is 0 Å². The van der Waals surface area contributed by atoms with E-state index in [0.717, 1.165) is 0 Å². The second kappa shape index (κ2) is 5.61. The molecule has 0 spiro atoms. The first-order chi connectivity index (χ1) is 7.40. The summed E-state index contributed by atoms with van der Waals surface area (Å²) >= 11 is 0.353. The van der Waals surface area contributed by atoms with Crippen molar-refractivity contribution in [2.24, 2.45) is 0 Å². The third kappa shape index (κ3) is 3.02. The molecule has 2 rings (SSSR count). The van der Waals surface area contributed by atoms with Crippen LogP contribution in [0.2, 0.25) is 0 Å². The van der Waals surface area contributed by atoms with E-state index in [0.29, 0.717) is 17.1 Å². The summed E-state index contributed by atoms with van der Waals surface area (Å²) in [6, 6.07) is 0. The molecule has 0 radical (unpaired) electrons. The molecule has 0 fully saturated rings. The van der Waals surface area contributed by atoms with Crippen molar-refractivity contribution in [3.8, 4) is 0 Å². The van der Waals surface area contributed by atoms with Gasteiger partial charge in [-0.05, 0) is 0 Å². The molecule has 15 heavy (non-hydrogen) atoms. The molecule has 0 atom stereocenters. The van der Waals surface area contributed by atoms with Crippen molar-refractivity contribution in [1.82, 2.24) is 0 Å². The minimum atomic E-state index is 0.353. The van der Waals surface area contributed by atoms with Gasteiger partial charge in [0.1, 0.15) is 0 Å². The van der Waals surface area contributed by atoms with Gasteiger partial charge in [0.25, 0.3) is 0 Å². The first kappa shape index (κ1) is 11.1. The molecule has 0 saturated heterocycles. The molecule has 0 N–H and O–H groups in total. The maximum atomic E-state index is 2.37. The molecule has 0 saturated carbocycles. The standard InChI is InChI=1S/2C7H9.Ru/c1-2-7-5-3-4-6-7;1-2-4-6-7-5-3-1;/h3,5H,2,4H2,1H3;1-3H,4,6-7H2;. The van der Waals surface area contributed by atoms with E-state index >= 15 is 0 Å². The molecular weight excluding hydrogens is 269 g/mol. The van der Waals surface area contributed by atoms with Gasteiger partial charge < -0.3 is 0 Å². The van der Waals surface area contributed by atoms with Gasteiger partial charge >= 0.3 is 100 Å². The topological polar surface area (TPSA) is 0 Å². The maximum absolute atomic E-state index is 2.37. The quantitative estimate of drug-likeness (QED) is 0.678. The van der Waals surface area contributed by atoms with Crippen molar-refractivity contribution in [1.29, 1.82) is 0 Å². The van der Waals surface area contributed by atoms with E-state index in [1.807, 2.05) is 0 Å². The van der Waals surface area contributed by atoms with E-state index in [9.17, 15) is 0 Å². The Hall–Kier alpha value is -0.417. The van der Waals surface area contributed by atoms with Crippen LogP contribution in [0.4, 0.5) is 0 Å². The summed E-state index contributed by atoms with van der Waals surface area (Å²) in [4.78, 5) is 0. The van der Waals surface area contributed by atoms with Crippen LogP contribution in [0, 0.1) is 0 Å². The SMILES string of the molecule is CCC1=[C]([Ru][C]2=CC=CCCC2)CC=C1. The Bertz CT molecular complexity index is 342. The fourth-order valence-electron chi connectivity index (χ4n) is 1.86. The van der Waals surface area contributed by atoms with Crippen LogP contribution < -0.4 is 0 Å². The summed E-state index contributed by atoms with van der Waals surface area (Å²) in [6.07, 6.45) is 18.0. The summed E-state index contributed by atoms with van der Waals surface area (Å²) in [5.41, 5.74) is 1.61. The Kier molecular flexibility index (Phi) is 4.14. The summed E-state index contributed by atoms with van der Waals surface area (Å²) in [5.74, 6) is 0. The zero-order valence-electron chi connectivity index (χ0n) is 9.28. The van der Waals surface area contributed by atoms with E-state index < -0.39 is 0 Å². The first-order valence-corrected chi connectivity index (χ1v) is 7.50. The number of rotatable bonds is 3. The molecule has 0 aromatic carbocycles. The van der Waals surface area contributed by atoms with Gasteiger partial charge in [0.2, 0.25) is 0 Å². The normalized spacial score (nSPS) is 21.0. The molecular formula is C14H18Ru. The average molecular weight is 287 g/mol. The number of hydrogen-bond donors (Lipinski definition) is 0. The Balaban J connectivity index is 2.02. The van der Waals surface area contributed by atoms with Gasteiger partial charge in [-0.15, -0.1) is 0 Å². The van der Waals surface area contributed by atoms with Gasteiger partial charge in [-0.1, -0.05) is 0 Å². The van der Waals surface area contributed by atoms with Crippen LogP contribution in [0.5, 0.6) is 0 Å². The van der Waals surface area contributed by atoms with Crippen molar-refractivity contribution >= 4 is 0 Å². The average Bonchev–Trinajstić information content (AvgIpc) is 2.53. The third-order valence-electron chi connectivity index (χ3n) is 2.74. The second-order valence-electron chi connectivity index (χ2n) is 3.88. The Morgan fingerprint density at radius 1 is 1.33 bits per heavy atom. The predicted octanol–water partition coefficient (Wildman–Crippen LogP) is 4.32. The fourth-order valence-corrected chi connectivity index (χ4v) is 4.49. The third-order valence-corrected chi connectivity index (χ3v) is 5.46. The Morgan fingerprint density at radius 2 is 2.27 bits per heavy atom. The molecule has 0 aliphatic heterocycles. The second-order valence-corrected chi connectivity index (χ2v) is 6.48. The van der Waals surface area contributed by atoms with Crippen LogP contribution in [0.1, 0.15) is 39.0 Å². The van der Waals surface area contributed by atoms with Crippen LogP contribution in [0.3, 0.4) is 0 Å². The van der Waals surface area contributed by atoms with E-state index in [1.54, 1.807) is 13.9 Å². The molecule has 1 heteroatoms. The molecule has 0 nitrogen and oxygen atoms in total. The van der Waals surface area contributed by atoms with E-state index in [-0.39, 0.29) is 0 Å². The van der Waals surface area contributed by atoms with E-state index in [1.165, 1.54) is 32.1 Å². The Morgan fingerprint density at radius 3 is 3.13 bits per heavy atom. The number of hydrogen-bond acceptors (Lipinski definition) is 0. The van der Waals surface area contributed by atoms with Crippen molar-refractivity contribution < 1.29 is 17.1 Å². The summed E-state index contributed by atoms with van der Waals surface area (Å²) in [5, 5.41) is 0. The summed E-state index contributed by atoms with van der Waals surface area (Å²) < 4.78 is 3.45. The van der Waals surface area contributed by atoms with Crippen molar-refractivity contribution in [2.45, 2.75) is 39.0 Å². The van der Waals surface area contributed by atoms with Crippen LogP contribution in [0.15, 0.2) is 44.3 Å². The van der Waals surface area contributed by atoms with Gasteiger partial charge in [-0.25, -0.2) is 0 Å². The van der Waals surface area contributed by atoms with Crippen LogP contribution in [-0.4, -0.2) is 0 Å². The van der Waals surface area contributed by atoms with E-state index in [2.05, 4.69) is 37.3 Å². The molecule has 0 aromatic heterocycles. The molecule has 82 valence electrons. The fraction of sp³-hybridized carbons (Fsp3) is 0.429. The van der Waals surface area contributed by atoms with Crippen molar-refractivity contribution in [2.75, 3.05) is 0 Å². The zero-order chi connectivity index (χ0) is 10.5. The molecule has 0 amide bonds. The first-order valence-electron chi connectivity index (χ1n) is 5.77. The Labute approximate surface area is 100 Å². The minimum absolute atomic E-state index is 0.353. The summed E-state index contributed by atoms with van der Waals surface area (Å²) in [6.45, 7) is 2.27. The molecule has 2 aliphatic rings. The van der Waals surface area contributed by atoms with Gasteiger partial charge in [0.05, 0.1) is 0 Å². The van der Waals surface area contributed by atoms with Crippen molar-refractivity contribution in [3.63, 3.8) is 0 Å². The zero-order valence-corrected chi connectivity index (χ0v) is 11.0. The summed E-state index contributed by atoms with van der Waals surface area (Å²) in [7, 11) is 0. The van der Waals surface area contributed by atoms with Crippen LogP contribution >= 0.6 is 0 Å². The number of allylic oxidation sites excluding steroid dienone is 8. The molecule has 0 bridgehead atoms. The monoisotopic (exact) mass is 288 g/mol. The van der Waals surface area contributed by atoms with Gasteiger partial charge in [0.15, 0.2) is 0 Å². The molecule has 0 heterocycles. The van der Waals surface area contributed by atoms with Crippen LogP contribution in [-0.2, 0) is 17.1 Å². The molecule has 2 aliphatic carbocycles. The van der Waals surface area contributed by atoms with Gasteiger partial charge in [0, 0.05) is 0 Å². The molecule has 0 unspecified atom stereocenters. The van der Waals surface area contributed by atoms with Crippen molar-refractivity contribution in [3.05, 3.63) is 44.3 Å². The predicted molar refractivity (Wildman–Crippen MR) is 62.1 cm³/mol. The van der Waals surface area contributed by atoms with E-state index in [4.69, 9.17) is 0 Å².